The standard InChI is InChI=1S/C25H29ClN6O2/c1-17-5-3-8-21(26)24(17)31-25(33)30-23-14-22(27-16-28-23)29-19-6-4-7-20(13-19)34-15-18-9-11-32(2)12-10-18/h3-8,13-14,16,18H,9-12,15H2,1-2H3,(H3,27,28,29,30,31,33). The number of ether oxygens (including phenoxy) is 1. The number of carbonyl (C=O) groups excluding carboxylic acids is 1. The molecule has 3 N–H and O–H groups in total. The van der Waals surface area contributed by atoms with Crippen LogP contribution in [0.25, 0.3) is 0 Å². The summed E-state index contributed by atoms with van der Waals surface area (Å²) in [6.07, 6.45) is 3.71. The van der Waals surface area contributed by atoms with Crippen molar-refractivity contribution in [1.29, 1.82) is 0 Å². The molecule has 1 aromatic heterocycles. The van der Waals surface area contributed by atoms with Crippen molar-refractivity contribution in [3.63, 3.8) is 0 Å². The highest BCUT2D eigenvalue weighted by molar-refractivity contribution is 6.34. The number of hydrogen-bond donors (Lipinski definition) is 3. The molecule has 2 aromatic carbocycles. The number of urea groups is 1. The van der Waals surface area contributed by atoms with E-state index in [0.29, 0.717) is 28.3 Å². The summed E-state index contributed by atoms with van der Waals surface area (Å²) in [7, 11) is 2.16. The van der Waals surface area contributed by atoms with Gasteiger partial charge < -0.3 is 20.3 Å². The van der Waals surface area contributed by atoms with Crippen LogP contribution in [-0.4, -0.2) is 47.6 Å². The van der Waals surface area contributed by atoms with Gasteiger partial charge in [0.1, 0.15) is 23.7 Å². The number of rotatable bonds is 7. The van der Waals surface area contributed by atoms with Crippen LogP contribution in [-0.2, 0) is 0 Å². The molecule has 0 saturated carbocycles. The summed E-state index contributed by atoms with van der Waals surface area (Å²) >= 11 is 6.19. The van der Waals surface area contributed by atoms with E-state index in [1.807, 2.05) is 43.3 Å². The number of benzene rings is 2. The quantitative estimate of drug-likeness (QED) is 0.411. The molecule has 0 spiro atoms. The normalized spacial score (nSPS) is 14.4. The Balaban J connectivity index is 1.34. The fourth-order valence-electron chi connectivity index (χ4n) is 3.80. The van der Waals surface area contributed by atoms with Crippen molar-refractivity contribution in [3.05, 3.63) is 65.4 Å². The van der Waals surface area contributed by atoms with Crippen LogP contribution < -0.4 is 20.7 Å². The molecule has 2 heterocycles. The molecule has 0 radical (unpaired) electrons. The summed E-state index contributed by atoms with van der Waals surface area (Å²) in [6, 6.07) is 14.4. The smallest absolute Gasteiger partial charge is 0.324 e. The van der Waals surface area contributed by atoms with E-state index in [2.05, 4.69) is 37.9 Å². The molecule has 0 unspecified atom stereocenters. The van der Waals surface area contributed by atoms with Crippen molar-refractivity contribution >= 4 is 40.6 Å². The lowest BCUT2D eigenvalue weighted by Gasteiger charge is -2.28. The van der Waals surface area contributed by atoms with Crippen LogP contribution in [0.1, 0.15) is 18.4 Å². The van der Waals surface area contributed by atoms with E-state index in [-0.39, 0.29) is 0 Å². The number of para-hydroxylation sites is 1. The van der Waals surface area contributed by atoms with Crippen LogP contribution in [0, 0.1) is 12.8 Å². The number of hydrogen-bond acceptors (Lipinski definition) is 6. The van der Waals surface area contributed by atoms with Gasteiger partial charge in [-0.25, -0.2) is 14.8 Å². The molecular weight excluding hydrogens is 452 g/mol. The maximum atomic E-state index is 12.4. The van der Waals surface area contributed by atoms with Crippen LogP contribution in [0.3, 0.4) is 0 Å². The molecule has 2 amide bonds. The van der Waals surface area contributed by atoms with E-state index in [1.54, 1.807) is 12.1 Å². The Labute approximate surface area is 204 Å². The first-order chi connectivity index (χ1) is 16.5. The number of piperidine rings is 1. The van der Waals surface area contributed by atoms with Crippen LogP contribution in [0.2, 0.25) is 5.02 Å². The zero-order valence-electron chi connectivity index (χ0n) is 19.3. The predicted molar refractivity (Wildman–Crippen MR) is 136 cm³/mol. The fourth-order valence-corrected chi connectivity index (χ4v) is 4.07. The Bertz CT molecular complexity index is 1110. The minimum atomic E-state index is -0.440. The summed E-state index contributed by atoms with van der Waals surface area (Å²) in [5.41, 5.74) is 2.26. The summed E-state index contributed by atoms with van der Waals surface area (Å²) in [5, 5.41) is 9.19. The van der Waals surface area contributed by atoms with Crippen molar-refractivity contribution in [3.8, 4) is 5.75 Å². The van der Waals surface area contributed by atoms with Gasteiger partial charge in [0.25, 0.3) is 0 Å². The minimum absolute atomic E-state index is 0.356. The highest BCUT2D eigenvalue weighted by Crippen LogP contribution is 2.26. The molecule has 8 nitrogen and oxygen atoms in total. The largest absolute Gasteiger partial charge is 0.493 e. The Hall–Kier alpha value is -3.36. The van der Waals surface area contributed by atoms with Crippen molar-refractivity contribution in [2.75, 3.05) is 42.7 Å². The minimum Gasteiger partial charge on any atom is -0.493 e. The van der Waals surface area contributed by atoms with E-state index in [4.69, 9.17) is 16.3 Å². The van der Waals surface area contributed by atoms with Gasteiger partial charge in [-0.2, -0.15) is 0 Å². The molecule has 4 rings (SSSR count). The highest BCUT2D eigenvalue weighted by Gasteiger charge is 2.17. The number of nitrogens with one attached hydrogen (secondary N) is 3. The van der Waals surface area contributed by atoms with E-state index < -0.39 is 6.03 Å². The first-order valence-corrected chi connectivity index (χ1v) is 11.7. The molecule has 0 bridgehead atoms. The molecular formula is C25H29ClN6O2. The second-order valence-electron chi connectivity index (χ2n) is 8.51. The molecule has 178 valence electrons. The average Bonchev–Trinajstić information content (AvgIpc) is 2.82. The van der Waals surface area contributed by atoms with Crippen LogP contribution in [0.5, 0.6) is 5.75 Å². The molecule has 1 fully saturated rings. The zero-order valence-corrected chi connectivity index (χ0v) is 20.1. The maximum absolute atomic E-state index is 12.4. The summed E-state index contributed by atoms with van der Waals surface area (Å²) in [4.78, 5) is 23.2. The SMILES string of the molecule is Cc1cccc(Cl)c1NC(=O)Nc1cc(Nc2cccc(OCC3CCN(C)CC3)c2)ncn1. The zero-order chi connectivity index (χ0) is 23.9. The topological polar surface area (TPSA) is 91.4 Å². The molecule has 1 saturated heterocycles. The summed E-state index contributed by atoms with van der Waals surface area (Å²) in [5.74, 6) is 2.30. The maximum Gasteiger partial charge on any atom is 0.324 e. The van der Waals surface area contributed by atoms with Crippen LogP contribution >= 0.6 is 11.6 Å². The lowest BCUT2D eigenvalue weighted by atomic mass is 9.98. The Morgan fingerprint density at radius 1 is 1.09 bits per heavy atom. The summed E-state index contributed by atoms with van der Waals surface area (Å²) < 4.78 is 6.04. The molecule has 0 aliphatic carbocycles. The number of carbonyl (C=O) groups is 1. The molecule has 0 atom stereocenters. The summed E-state index contributed by atoms with van der Waals surface area (Å²) in [6.45, 7) is 4.84. The third kappa shape index (κ3) is 6.59. The monoisotopic (exact) mass is 480 g/mol. The third-order valence-electron chi connectivity index (χ3n) is 5.80. The van der Waals surface area contributed by atoms with Crippen molar-refractivity contribution in [2.24, 2.45) is 5.92 Å². The van der Waals surface area contributed by atoms with Crippen molar-refractivity contribution in [2.45, 2.75) is 19.8 Å². The Morgan fingerprint density at radius 3 is 2.65 bits per heavy atom. The first kappa shape index (κ1) is 23.8. The highest BCUT2D eigenvalue weighted by atomic mass is 35.5. The lowest BCUT2D eigenvalue weighted by Crippen LogP contribution is -2.32. The molecule has 1 aliphatic heterocycles. The number of likely N-dealkylation sites (tertiary alicyclic amines) is 1. The molecule has 9 heteroatoms. The fraction of sp³-hybridized carbons (Fsp3) is 0.320. The van der Waals surface area contributed by atoms with E-state index in [1.165, 1.54) is 6.33 Å². The second-order valence-corrected chi connectivity index (χ2v) is 8.92. The van der Waals surface area contributed by atoms with Gasteiger partial charge in [0.15, 0.2) is 0 Å². The number of aryl methyl sites for hydroxylation is 1. The molecule has 1 aliphatic rings. The Morgan fingerprint density at radius 2 is 1.85 bits per heavy atom. The second kappa shape index (κ2) is 11.2. The number of nitrogens with zero attached hydrogens (tertiary/aromatic N) is 3. The third-order valence-corrected chi connectivity index (χ3v) is 6.11. The van der Waals surface area contributed by atoms with Gasteiger partial charge in [-0.1, -0.05) is 29.8 Å². The number of halogens is 1. The van der Waals surface area contributed by atoms with Crippen LogP contribution in [0.4, 0.5) is 27.8 Å². The van der Waals surface area contributed by atoms with Gasteiger partial charge >= 0.3 is 6.03 Å². The predicted octanol–water partition coefficient (Wildman–Crippen LogP) is 5.55. The van der Waals surface area contributed by atoms with Gasteiger partial charge in [0.2, 0.25) is 0 Å². The molecule has 3 aromatic rings. The number of anilines is 4. The van der Waals surface area contributed by atoms with E-state index in [0.717, 1.165) is 49.5 Å². The van der Waals surface area contributed by atoms with Crippen molar-refractivity contribution in [1.82, 2.24) is 14.9 Å². The average molecular weight is 481 g/mol. The number of aromatic nitrogens is 2. The van der Waals surface area contributed by atoms with Gasteiger partial charge in [-0.15, -0.1) is 0 Å². The van der Waals surface area contributed by atoms with Gasteiger partial charge in [-0.3, -0.25) is 5.32 Å². The van der Waals surface area contributed by atoms with Gasteiger partial charge in [0, 0.05) is 17.8 Å². The lowest BCUT2D eigenvalue weighted by molar-refractivity contribution is 0.160. The van der Waals surface area contributed by atoms with Crippen molar-refractivity contribution < 1.29 is 9.53 Å². The van der Waals surface area contributed by atoms with E-state index >= 15 is 0 Å². The van der Waals surface area contributed by atoms with Gasteiger partial charge in [-0.05, 0) is 69.6 Å². The van der Waals surface area contributed by atoms with E-state index in [9.17, 15) is 4.79 Å². The molecule has 34 heavy (non-hydrogen) atoms. The van der Waals surface area contributed by atoms with Crippen LogP contribution in [0.15, 0.2) is 54.9 Å². The first-order valence-electron chi connectivity index (χ1n) is 11.3. The number of amides is 2. The Kier molecular flexibility index (Phi) is 7.82. The van der Waals surface area contributed by atoms with Gasteiger partial charge in [0.05, 0.1) is 17.3 Å².